The fourth-order valence-corrected chi connectivity index (χ4v) is 3.40. The molecule has 0 spiro atoms. The highest BCUT2D eigenvalue weighted by molar-refractivity contribution is 6.76. The Kier molecular flexibility index (Phi) is 8.26. The molecule has 1 fully saturated rings. The molecule has 0 aliphatic carbocycles. The molecule has 2 unspecified atom stereocenters. The molecule has 2 heterocycles. The highest BCUT2D eigenvalue weighted by Crippen LogP contribution is 2.17. The first-order valence-electron chi connectivity index (χ1n) is 8.43. The lowest BCUT2D eigenvalue weighted by molar-refractivity contribution is -0.122. The van der Waals surface area contributed by atoms with E-state index in [1.54, 1.807) is 10.9 Å². The van der Waals surface area contributed by atoms with E-state index in [4.69, 9.17) is 10.5 Å². The lowest BCUT2D eigenvalue weighted by Gasteiger charge is -2.17. The van der Waals surface area contributed by atoms with Crippen LogP contribution in [0.15, 0.2) is 12.5 Å². The Hall–Kier alpha value is -1.22. The molecular weight excluding hydrogens is 360 g/mol. The van der Waals surface area contributed by atoms with E-state index in [0.29, 0.717) is 32.0 Å². The zero-order valence-corrected chi connectivity index (χ0v) is 17.0. The Balaban J connectivity index is 0.00000312. The van der Waals surface area contributed by atoms with Crippen molar-refractivity contribution in [3.05, 3.63) is 18.2 Å². The third kappa shape index (κ3) is 6.54. The number of rotatable bonds is 9. The van der Waals surface area contributed by atoms with Crippen LogP contribution in [-0.4, -0.2) is 48.5 Å². The zero-order chi connectivity index (χ0) is 17.7. The Morgan fingerprint density at radius 2 is 2.24 bits per heavy atom. The fraction of sp³-hybridized carbons (Fsp3) is 0.688. The van der Waals surface area contributed by atoms with Crippen LogP contribution in [0.2, 0.25) is 25.7 Å². The monoisotopic (exact) mass is 388 g/mol. The summed E-state index contributed by atoms with van der Waals surface area (Å²) in [5, 5.41) is 2.77. The number of nitrogens with zero attached hydrogens (tertiary/aromatic N) is 2. The van der Waals surface area contributed by atoms with Crippen LogP contribution in [0.1, 0.15) is 23.3 Å². The SMILES string of the molecule is C[Si](C)(C)CCOCn1cncc1C(=O)C(N)CC1CCNC1=O.Cl. The van der Waals surface area contributed by atoms with Crippen LogP contribution in [-0.2, 0) is 16.3 Å². The van der Waals surface area contributed by atoms with Crippen LogP contribution < -0.4 is 11.1 Å². The van der Waals surface area contributed by atoms with Crippen molar-refractivity contribution in [2.75, 3.05) is 13.2 Å². The molecule has 1 aromatic heterocycles. The number of hydrogen-bond acceptors (Lipinski definition) is 5. The Morgan fingerprint density at radius 3 is 2.84 bits per heavy atom. The van der Waals surface area contributed by atoms with Gasteiger partial charge in [0.15, 0.2) is 5.78 Å². The fourth-order valence-electron chi connectivity index (χ4n) is 2.64. The summed E-state index contributed by atoms with van der Waals surface area (Å²) < 4.78 is 7.36. The number of ketones is 1. The van der Waals surface area contributed by atoms with Crippen molar-refractivity contribution in [3.8, 4) is 0 Å². The second-order valence-electron chi connectivity index (χ2n) is 7.58. The van der Waals surface area contributed by atoms with Crippen LogP contribution in [0.4, 0.5) is 0 Å². The summed E-state index contributed by atoms with van der Waals surface area (Å²) in [5.41, 5.74) is 6.46. The van der Waals surface area contributed by atoms with E-state index < -0.39 is 14.1 Å². The summed E-state index contributed by atoms with van der Waals surface area (Å²) in [6.45, 7) is 8.51. The van der Waals surface area contributed by atoms with Gasteiger partial charge in [0.05, 0.1) is 18.6 Å². The number of halogens is 1. The van der Waals surface area contributed by atoms with Crippen LogP contribution in [0.25, 0.3) is 0 Å². The Labute approximate surface area is 156 Å². The van der Waals surface area contributed by atoms with E-state index >= 15 is 0 Å². The number of ether oxygens (including phenoxy) is 1. The number of amides is 1. The predicted molar refractivity (Wildman–Crippen MR) is 102 cm³/mol. The topological polar surface area (TPSA) is 99.2 Å². The van der Waals surface area contributed by atoms with E-state index in [2.05, 4.69) is 29.9 Å². The lowest BCUT2D eigenvalue weighted by Crippen LogP contribution is -2.35. The number of imidazole rings is 1. The predicted octanol–water partition coefficient (Wildman–Crippen LogP) is 1.65. The summed E-state index contributed by atoms with van der Waals surface area (Å²) >= 11 is 0. The second kappa shape index (κ2) is 9.47. The van der Waals surface area contributed by atoms with E-state index in [1.165, 1.54) is 6.20 Å². The summed E-state index contributed by atoms with van der Waals surface area (Å²) in [4.78, 5) is 28.2. The van der Waals surface area contributed by atoms with E-state index in [0.717, 1.165) is 12.5 Å². The van der Waals surface area contributed by atoms with Gasteiger partial charge in [-0.1, -0.05) is 19.6 Å². The largest absolute Gasteiger partial charge is 0.361 e. The number of nitrogens with two attached hydrogens (primary N) is 1. The van der Waals surface area contributed by atoms with Gasteiger partial charge in [-0.2, -0.15) is 0 Å². The molecule has 25 heavy (non-hydrogen) atoms. The van der Waals surface area contributed by atoms with Gasteiger partial charge in [-0.3, -0.25) is 9.59 Å². The minimum Gasteiger partial charge on any atom is -0.361 e. The standard InChI is InChI=1S/C16H28N4O3Si.ClH/c1-24(2,3)7-6-23-11-20-10-18-9-14(20)15(21)13(17)8-12-4-5-19-16(12)22;/h9-10,12-13H,4-8,11,17H2,1-3H3,(H,19,22);1H. The second-order valence-corrected chi connectivity index (χ2v) is 13.2. The molecule has 9 heteroatoms. The molecule has 7 nitrogen and oxygen atoms in total. The summed E-state index contributed by atoms with van der Waals surface area (Å²) in [6.07, 6.45) is 4.20. The molecule has 0 bridgehead atoms. The van der Waals surface area contributed by atoms with Crippen molar-refractivity contribution in [1.29, 1.82) is 0 Å². The molecule has 2 atom stereocenters. The van der Waals surface area contributed by atoms with Gasteiger partial charge >= 0.3 is 0 Å². The van der Waals surface area contributed by atoms with Gasteiger partial charge in [-0.25, -0.2) is 4.98 Å². The molecule has 0 aromatic carbocycles. The third-order valence-corrected chi connectivity index (χ3v) is 5.93. The molecule has 0 radical (unpaired) electrons. The molecule has 1 aromatic rings. The van der Waals surface area contributed by atoms with Crippen molar-refractivity contribution in [2.24, 2.45) is 11.7 Å². The number of hydrogen-bond donors (Lipinski definition) is 2. The number of carbonyl (C=O) groups is 2. The third-order valence-electron chi connectivity index (χ3n) is 4.23. The minimum absolute atomic E-state index is 0. The number of aromatic nitrogens is 2. The van der Waals surface area contributed by atoms with E-state index in [9.17, 15) is 9.59 Å². The molecule has 1 aliphatic heterocycles. The normalized spacial score (nSPS) is 18.6. The van der Waals surface area contributed by atoms with Gasteiger partial charge in [0.25, 0.3) is 0 Å². The van der Waals surface area contributed by atoms with Gasteiger partial charge < -0.3 is 20.4 Å². The first-order chi connectivity index (χ1) is 11.3. The maximum Gasteiger partial charge on any atom is 0.223 e. The van der Waals surface area contributed by atoms with Crippen molar-refractivity contribution >= 4 is 32.2 Å². The maximum absolute atomic E-state index is 12.5. The number of Topliss-reactive ketones (excluding diaryl/α,β-unsaturated/α-hetero) is 1. The maximum atomic E-state index is 12.5. The van der Waals surface area contributed by atoms with Gasteiger partial charge in [-0.15, -0.1) is 12.4 Å². The zero-order valence-electron chi connectivity index (χ0n) is 15.2. The number of carbonyl (C=O) groups excluding carboxylic acids is 2. The quantitative estimate of drug-likeness (QED) is 0.380. The highest BCUT2D eigenvalue weighted by atomic mass is 35.5. The highest BCUT2D eigenvalue weighted by Gasteiger charge is 2.29. The van der Waals surface area contributed by atoms with Crippen LogP contribution >= 0.6 is 12.4 Å². The van der Waals surface area contributed by atoms with Crippen molar-refractivity contribution in [3.63, 3.8) is 0 Å². The van der Waals surface area contributed by atoms with Crippen molar-refractivity contribution in [1.82, 2.24) is 14.9 Å². The van der Waals surface area contributed by atoms with Crippen molar-refractivity contribution in [2.45, 2.75) is 51.3 Å². The van der Waals surface area contributed by atoms with Gasteiger partial charge in [0, 0.05) is 27.1 Å². The Morgan fingerprint density at radius 1 is 1.52 bits per heavy atom. The molecule has 1 amide bonds. The molecule has 3 N–H and O–H groups in total. The molecule has 2 rings (SSSR count). The van der Waals surface area contributed by atoms with Crippen LogP contribution in [0, 0.1) is 5.92 Å². The lowest BCUT2D eigenvalue weighted by atomic mass is 9.95. The summed E-state index contributed by atoms with van der Waals surface area (Å²) in [7, 11) is -1.13. The van der Waals surface area contributed by atoms with Gasteiger partial charge in [-0.05, 0) is 18.9 Å². The molecule has 142 valence electrons. The van der Waals surface area contributed by atoms with E-state index in [1.807, 2.05) is 0 Å². The van der Waals surface area contributed by atoms with Gasteiger partial charge in [0.2, 0.25) is 5.91 Å². The molecular formula is C16H29ClN4O3Si. The van der Waals surface area contributed by atoms with E-state index in [-0.39, 0.29) is 30.0 Å². The average molecular weight is 389 g/mol. The first kappa shape index (κ1) is 21.8. The minimum atomic E-state index is -1.13. The van der Waals surface area contributed by atoms with Crippen LogP contribution in [0.5, 0.6) is 0 Å². The molecule has 0 saturated carbocycles. The smallest absolute Gasteiger partial charge is 0.223 e. The summed E-state index contributed by atoms with van der Waals surface area (Å²) in [6, 6.07) is 0.373. The molecule has 1 saturated heterocycles. The Bertz CT molecular complexity index is 588. The first-order valence-corrected chi connectivity index (χ1v) is 12.1. The van der Waals surface area contributed by atoms with Crippen molar-refractivity contribution < 1.29 is 14.3 Å². The average Bonchev–Trinajstić information content (AvgIpc) is 3.11. The van der Waals surface area contributed by atoms with Gasteiger partial charge in [0.1, 0.15) is 12.4 Å². The molecule has 1 aliphatic rings. The van der Waals surface area contributed by atoms with Crippen LogP contribution in [0.3, 0.4) is 0 Å². The summed E-state index contributed by atoms with van der Waals surface area (Å²) in [5.74, 6) is -0.379. The number of nitrogens with one attached hydrogen (secondary N) is 1.